The third-order valence-corrected chi connectivity index (χ3v) is 4.17. The number of morpholine rings is 1. The van der Waals surface area contributed by atoms with Gasteiger partial charge in [-0.15, -0.1) is 15.3 Å². The van der Waals surface area contributed by atoms with Crippen molar-refractivity contribution in [1.82, 2.24) is 24.8 Å². The highest BCUT2D eigenvalue weighted by molar-refractivity contribution is 5.90. The highest BCUT2D eigenvalue weighted by atomic mass is 16.5. The minimum Gasteiger partial charge on any atom is -0.378 e. The number of aromatic nitrogens is 5. The van der Waals surface area contributed by atoms with E-state index in [2.05, 4.69) is 30.5 Å². The summed E-state index contributed by atoms with van der Waals surface area (Å²) >= 11 is 0. The van der Waals surface area contributed by atoms with E-state index in [0.29, 0.717) is 43.2 Å². The molecule has 26 heavy (non-hydrogen) atoms. The highest BCUT2D eigenvalue weighted by Gasteiger charge is 2.15. The second-order valence-corrected chi connectivity index (χ2v) is 5.97. The van der Waals surface area contributed by atoms with Gasteiger partial charge in [0.15, 0.2) is 11.5 Å². The molecule has 134 valence electrons. The number of ether oxygens (including phenoxy) is 1. The molecular weight excluding hydrogens is 334 g/mol. The van der Waals surface area contributed by atoms with Gasteiger partial charge in [0.25, 0.3) is 0 Å². The van der Waals surface area contributed by atoms with Gasteiger partial charge in [-0.3, -0.25) is 9.78 Å². The normalized spacial score (nSPS) is 14.5. The number of hydrogen-bond donors (Lipinski definition) is 1. The van der Waals surface area contributed by atoms with Crippen molar-refractivity contribution < 1.29 is 9.53 Å². The van der Waals surface area contributed by atoms with E-state index in [1.165, 1.54) is 0 Å². The van der Waals surface area contributed by atoms with Crippen molar-refractivity contribution in [3.8, 4) is 0 Å². The number of carbonyl (C=O) groups excluding carboxylic acids is 1. The first-order chi connectivity index (χ1) is 12.8. The molecule has 4 rings (SSSR count). The van der Waals surface area contributed by atoms with Crippen LogP contribution in [0.25, 0.3) is 5.65 Å². The van der Waals surface area contributed by atoms with E-state index in [-0.39, 0.29) is 5.91 Å². The van der Waals surface area contributed by atoms with Gasteiger partial charge in [0, 0.05) is 32.1 Å². The molecule has 1 aliphatic rings. The fraction of sp³-hybridized carbons (Fsp3) is 0.353. The van der Waals surface area contributed by atoms with Gasteiger partial charge in [0.05, 0.1) is 25.1 Å². The van der Waals surface area contributed by atoms with Gasteiger partial charge in [-0.25, -0.2) is 0 Å². The molecule has 0 bridgehead atoms. The van der Waals surface area contributed by atoms with Crippen molar-refractivity contribution in [2.45, 2.75) is 12.8 Å². The summed E-state index contributed by atoms with van der Waals surface area (Å²) < 4.78 is 7.09. The van der Waals surface area contributed by atoms with Gasteiger partial charge in [0.2, 0.25) is 5.91 Å². The topological polar surface area (TPSA) is 97.5 Å². The predicted octanol–water partition coefficient (Wildman–Crippen LogP) is 0.927. The lowest BCUT2D eigenvalue weighted by Gasteiger charge is -2.27. The molecule has 0 radical (unpaired) electrons. The van der Waals surface area contributed by atoms with Crippen molar-refractivity contribution in [1.29, 1.82) is 0 Å². The smallest absolute Gasteiger partial charge is 0.224 e. The van der Waals surface area contributed by atoms with Crippen LogP contribution in [0.15, 0.2) is 36.7 Å². The monoisotopic (exact) mass is 353 g/mol. The summed E-state index contributed by atoms with van der Waals surface area (Å²) in [5.41, 5.74) is 1.35. The van der Waals surface area contributed by atoms with Crippen LogP contribution in [0.5, 0.6) is 0 Å². The Morgan fingerprint density at radius 1 is 1.19 bits per heavy atom. The summed E-state index contributed by atoms with van der Waals surface area (Å²) in [4.78, 5) is 18.3. The maximum Gasteiger partial charge on any atom is 0.224 e. The van der Waals surface area contributed by atoms with E-state index in [1.807, 2.05) is 12.1 Å². The van der Waals surface area contributed by atoms with E-state index < -0.39 is 0 Å². The van der Waals surface area contributed by atoms with E-state index in [0.717, 1.165) is 18.9 Å². The van der Waals surface area contributed by atoms with Gasteiger partial charge in [-0.05, 0) is 24.3 Å². The fourth-order valence-electron chi connectivity index (χ4n) is 2.83. The molecule has 0 aromatic carbocycles. The second-order valence-electron chi connectivity index (χ2n) is 5.97. The van der Waals surface area contributed by atoms with Crippen molar-refractivity contribution in [3.05, 3.63) is 42.5 Å². The average Bonchev–Trinajstić information content (AvgIpc) is 3.10. The van der Waals surface area contributed by atoms with E-state index in [9.17, 15) is 4.79 Å². The molecule has 0 aliphatic carbocycles. The minimum atomic E-state index is -0.0981. The molecule has 0 unspecified atom stereocenters. The fourth-order valence-corrected chi connectivity index (χ4v) is 2.83. The number of pyridine rings is 1. The lowest BCUT2D eigenvalue weighted by Crippen LogP contribution is -2.37. The molecule has 3 aromatic rings. The quantitative estimate of drug-likeness (QED) is 0.728. The van der Waals surface area contributed by atoms with Crippen LogP contribution < -0.4 is 10.2 Å². The van der Waals surface area contributed by atoms with Gasteiger partial charge in [-0.2, -0.15) is 4.52 Å². The number of amides is 1. The first-order valence-electron chi connectivity index (χ1n) is 8.53. The third kappa shape index (κ3) is 3.62. The van der Waals surface area contributed by atoms with Crippen LogP contribution >= 0.6 is 0 Å². The highest BCUT2D eigenvalue weighted by Crippen LogP contribution is 2.14. The first kappa shape index (κ1) is 16.4. The number of nitrogens with one attached hydrogen (secondary N) is 1. The van der Waals surface area contributed by atoms with Crippen LogP contribution in [0, 0.1) is 0 Å². The summed E-state index contributed by atoms with van der Waals surface area (Å²) in [6, 6.07) is 7.41. The van der Waals surface area contributed by atoms with Crippen LogP contribution in [0.1, 0.15) is 12.2 Å². The number of hydrogen-bond acceptors (Lipinski definition) is 7. The zero-order valence-corrected chi connectivity index (χ0v) is 14.2. The summed E-state index contributed by atoms with van der Waals surface area (Å²) in [6.45, 7) is 3.01. The molecule has 1 amide bonds. The zero-order chi connectivity index (χ0) is 17.8. The molecular formula is C17H19N7O2. The van der Waals surface area contributed by atoms with E-state index in [4.69, 9.17) is 4.74 Å². The Balaban J connectivity index is 1.45. The van der Waals surface area contributed by atoms with Crippen LogP contribution in [-0.4, -0.2) is 57.0 Å². The number of carbonyl (C=O) groups is 1. The number of anilines is 2. The van der Waals surface area contributed by atoms with Gasteiger partial charge in [0.1, 0.15) is 5.82 Å². The van der Waals surface area contributed by atoms with Crippen molar-refractivity contribution in [2.75, 3.05) is 36.5 Å². The standard InChI is InChI=1S/C17H19N7O2/c25-17(19-13-2-1-7-18-12-13)6-5-15-21-20-14-3-4-16(22-24(14)15)23-8-10-26-11-9-23/h1-4,7,12H,5-6,8-11H2,(H,19,25). The Hall–Kier alpha value is -3.07. The second kappa shape index (κ2) is 7.44. The van der Waals surface area contributed by atoms with Crippen molar-refractivity contribution in [2.24, 2.45) is 0 Å². The van der Waals surface area contributed by atoms with Crippen molar-refractivity contribution >= 4 is 23.1 Å². The lowest BCUT2D eigenvalue weighted by atomic mass is 10.2. The Kier molecular flexibility index (Phi) is 4.69. The third-order valence-electron chi connectivity index (χ3n) is 4.17. The van der Waals surface area contributed by atoms with Crippen LogP contribution in [0.4, 0.5) is 11.5 Å². The predicted molar refractivity (Wildman–Crippen MR) is 95.0 cm³/mol. The summed E-state index contributed by atoms with van der Waals surface area (Å²) in [5.74, 6) is 1.43. The minimum absolute atomic E-state index is 0.0981. The maximum atomic E-state index is 12.1. The molecule has 9 nitrogen and oxygen atoms in total. The number of fused-ring (bicyclic) bond motifs is 1. The molecule has 9 heteroatoms. The number of rotatable bonds is 5. The average molecular weight is 353 g/mol. The Morgan fingerprint density at radius 2 is 2.08 bits per heavy atom. The molecule has 4 heterocycles. The van der Waals surface area contributed by atoms with Crippen LogP contribution in [0.3, 0.4) is 0 Å². The molecule has 1 saturated heterocycles. The van der Waals surface area contributed by atoms with Crippen molar-refractivity contribution in [3.63, 3.8) is 0 Å². The Labute approximate surface area is 150 Å². The number of nitrogens with zero attached hydrogens (tertiary/aromatic N) is 6. The SMILES string of the molecule is O=C(CCc1nnc2ccc(N3CCOCC3)nn12)Nc1cccnc1. The molecule has 0 atom stereocenters. The Bertz CT molecular complexity index is 891. The largest absolute Gasteiger partial charge is 0.378 e. The van der Waals surface area contributed by atoms with Crippen LogP contribution in [0.2, 0.25) is 0 Å². The Morgan fingerprint density at radius 3 is 2.88 bits per heavy atom. The molecule has 1 N–H and O–H groups in total. The first-order valence-corrected chi connectivity index (χ1v) is 8.53. The van der Waals surface area contributed by atoms with Gasteiger partial charge < -0.3 is 15.0 Å². The summed E-state index contributed by atoms with van der Waals surface area (Å²) in [6.07, 6.45) is 4.02. The number of aryl methyl sites for hydroxylation is 1. The lowest BCUT2D eigenvalue weighted by molar-refractivity contribution is -0.116. The summed E-state index contributed by atoms with van der Waals surface area (Å²) in [5, 5.41) is 15.8. The van der Waals surface area contributed by atoms with Gasteiger partial charge >= 0.3 is 0 Å². The molecule has 1 fully saturated rings. The molecule has 0 spiro atoms. The molecule has 3 aromatic heterocycles. The maximum absolute atomic E-state index is 12.1. The summed E-state index contributed by atoms with van der Waals surface area (Å²) in [7, 11) is 0. The van der Waals surface area contributed by atoms with Gasteiger partial charge in [-0.1, -0.05) is 0 Å². The van der Waals surface area contributed by atoms with E-state index in [1.54, 1.807) is 29.0 Å². The zero-order valence-electron chi connectivity index (χ0n) is 14.2. The molecule has 0 saturated carbocycles. The van der Waals surface area contributed by atoms with E-state index >= 15 is 0 Å². The molecule has 1 aliphatic heterocycles. The van der Waals surface area contributed by atoms with Crippen LogP contribution in [-0.2, 0) is 16.0 Å².